The zero-order chi connectivity index (χ0) is 15.3. The van der Waals surface area contributed by atoms with Crippen molar-refractivity contribution >= 4 is 23.0 Å². The highest BCUT2D eigenvalue weighted by Crippen LogP contribution is 2.25. The van der Waals surface area contributed by atoms with Gasteiger partial charge >= 0.3 is 0 Å². The number of aryl methyl sites for hydroxylation is 1. The van der Waals surface area contributed by atoms with E-state index in [4.69, 9.17) is 18.0 Å². The fraction of sp³-hybridized carbons (Fsp3) is 0.667. The van der Waals surface area contributed by atoms with Crippen molar-refractivity contribution in [1.82, 2.24) is 10.2 Å². The second-order valence-corrected chi connectivity index (χ2v) is 5.62. The molecule has 1 heterocycles. The van der Waals surface area contributed by atoms with Gasteiger partial charge in [-0.15, -0.1) is 5.10 Å². The molecule has 0 saturated heterocycles. The van der Waals surface area contributed by atoms with Crippen LogP contribution in [0.5, 0.6) is 0 Å². The van der Waals surface area contributed by atoms with Crippen LogP contribution in [0.2, 0.25) is 0 Å². The Morgan fingerprint density at radius 1 is 1.20 bits per heavy atom. The van der Waals surface area contributed by atoms with E-state index in [-0.39, 0.29) is 0 Å². The summed E-state index contributed by atoms with van der Waals surface area (Å²) in [6.07, 6.45) is 2.77. The van der Waals surface area contributed by atoms with Gasteiger partial charge in [-0.1, -0.05) is 33.0 Å². The van der Waals surface area contributed by atoms with Crippen LogP contribution in [0.3, 0.4) is 0 Å². The van der Waals surface area contributed by atoms with Crippen LogP contribution in [0.1, 0.15) is 57.9 Å². The van der Waals surface area contributed by atoms with Gasteiger partial charge < -0.3 is 10.6 Å². The first-order valence-electron chi connectivity index (χ1n) is 7.42. The molecule has 1 aromatic heterocycles. The minimum absolute atomic E-state index is 0.342. The normalized spacial score (nSPS) is 10.9. The maximum absolute atomic E-state index is 5.99. The van der Waals surface area contributed by atoms with Crippen LogP contribution in [0.15, 0.2) is 0 Å². The fourth-order valence-electron chi connectivity index (χ4n) is 2.47. The van der Waals surface area contributed by atoms with Crippen LogP contribution in [0, 0.1) is 0 Å². The average molecular weight is 294 g/mol. The van der Waals surface area contributed by atoms with E-state index in [2.05, 4.69) is 49.7 Å². The van der Waals surface area contributed by atoms with Gasteiger partial charge in [-0.25, -0.2) is 0 Å². The van der Waals surface area contributed by atoms with Crippen LogP contribution in [0.4, 0.5) is 5.82 Å². The maximum Gasteiger partial charge on any atom is 0.162 e. The Hall–Kier alpha value is -1.23. The molecule has 0 fully saturated rings. The van der Waals surface area contributed by atoms with Gasteiger partial charge in [0.05, 0.1) is 11.3 Å². The highest BCUT2D eigenvalue weighted by Gasteiger charge is 2.22. The summed E-state index contributed by atoms with van der Waals surface area (Å²) in [7, 11) is 0. The summed E-state index contributed by atoms with van der Waals surface area (Å²) in [4.78, 5) is 2.66. The first-order chi connectivity index (χ1) is 9.47. The van der Waals surface area contributed by atoms with E-state index in [9.17, 15) is 0 Å². The van der Waals surface area contributed by atoms with Gasteiger partial charge in [0.2, 0.25) is 0 Å². The van der Waals surface area contributed by atoms with Crippen molar-refractivity contribution in [3.8, 4) is 0 Å². The monoisotopic (exact) mass is 294 g/mol. The molecule has 1 aromatic rings. The van der Waals surface area contributed by atoms with Crippen LogP contribution in [0.25, 0.3) is 0 Å². The standard InChI is InChI=1S/C15H26N4S/c1-6-9-19(10(4)5)15-13(14(16)20)11(7-2)12(8-3)17-18-15/h10H,6-9H2,1-5H3,(H2,16,20). The molecule has 0 amide bonds. The van der Waals surface area contributed by atoms with E-state index < -0.39 is 0 Å². The number of anilines is 1. The van der Waals surface area contributed by atoms with Crippen molar-refractivity contribution in [3.63, 3.8) is 0 Å². The van der Waals surface area contributed by atoms with E-state index in [1.54, 1.807) is 0 Å². The number of hydrogen-bond acceptors (Lipinski definition) is 4. The predicted octanol–water partition coefficient (Wildman–Crippen LogP) is 2.86. The van der Waals surface area contributed by atoms with E-state index in [1.807, 2.05) is 0 Å². The highest BCUT2D eigenvalue weighted by atomic mass is 32.1. The van der Waals surface area contributed by atoms with Crippen molar-refractivity contribution < 1.29 is 0 Å². The Bertz CT molecular complexity index is 471. The molecule has 0 aliphatic heterocycles. The van der Waals surface area contributed by atoms with Crippen molar-refractivity contribution in [2.45, 2.75) is 59.9 Å². The summed E-state index contributed by atoms with van der Waals surface area (Å²) in [5, 5.41) is 8.82. The zero-order valence-electron chi connectivity index (χ0n) is 13.2. The van der Waals surface area contributed by atoms with Gasteiger partial charge in [-0.3, -0.25) is 0 Å². The van der Waals surface area contributed by atoms with Crippen molar-refractivity contribution in [1.29, 1.82) is 0 Å². The smallest absolute Gasteiger partial charge is 0.162 e. The number of thiocarbonyl (C=S) groups is 1. The number of hydrogen-bond donors (Lipinski definition) is 1. The van der Waals surface area contributed by atoms with E-state index in [0.717, 1.165) is 48.4 Å². The molecule has 112 valence electrons. The molecule has 2 N–H and O–H groups in total. The third-order valence-corrected chi connectivity index (χ3v) is 3.64. The Kier molecular flexibility index (Phi) is 6.33. The Morgan fingerprint density at radius 2 is 1.85 bits per heavy atom. The molecule has 0 saturated carbocycles. The summed E-state index contributed by atoms with van der Waals surface area (Å²) < 4.78 is 0. The van der Waals surface area contributed by atoms with Gasteiger partial charge in [0, 0.05) is 12.6 Å². The molecule has 0 spiro atoms. The summed E-state index contributed by atoms with van der Waals surface area (Å²) in [5.41, 5.74) is 9.04. The maximum atomic E-state index is 5.99. The average Bonchev–Trinajstić information content (AvgIpc) is 2.42. The third kappa shape index (κ3) is 3.45. The largest absolute Gasteiger partial charge is 0.389 e. The molecule has 0 atom stereocenters. The van der Waals surface area contributed by atoms with E-state index in [0.29, 0.717) is 11.0 Å². The lowest BCUT2D eigenvalue weighted by atomic mass is 10.0. The van der Waals surface area contributed by atoms with Crippen LogP contribution >= 0.6 is 12.2 Å². The second-order valence-electron chi connectivity index (χ2n) is 5.18. The molecule has 4 nitrogen and oxygen atoms in total. The van der Waals surface area contributed by atoms with Crippen LogP contribution in [-0.4, -0.2) is 27.8 Å². The summed E-state index contributed by atoms with van der Waals surface area (Å²) in [6, 6.07) is 0.342. The Balaban J connectivity index is 3.49. The first kappa shape index (κ1) is 16.8. The molecular weight excluding hydrogens is 268 g/mol. The zero-order valence-corrected chi connectivity index (χ0v) is 14.0. The molecule has 0 aromatic carbocycles. The third-order valence-electron chi connectivity index (χ3n) is 3.43. The first-order valence-corrected chi connectivity index (χ1v) is 7.83. The molecule has 0 aliphatic rings. The van der Waals surface area contributed by atoms with Gasteiger partial charge in [-0.2, -0.15) is 5.10 Å². The topological polar surface area (TPSA) is 55.0 Å². The fourth-order valence-corrected chi connectivity index (χ4v) is 2.69. The summed E-state index contributed by atoms with van der Waals surface area (Å²) in [5.74, 6) is 0.836. The number of nitrogens with two attached hydrogens (primary N) is 1. The Labute approximate surface area is 127 Å². The SMILES string of the molecule is CCCN(c1nnc(CC)c(CC)c1C(N)=S)C(C)C. The van der Waals surface area contributed by atoms with Gasteiger partial charge in [-0.05, 0) is 38.7 Å². The van der Waals surface area contributed by atoms with Crippen molar-refractivity contribution in [3.05, 3.63) is 16.8 Å². The van der Waals surface area contributed by atoms with Crippen molar-refractivity contribution in [2.24, 2.45) is 5.73 Å². The van der Waals surface area contributed by atoms with Gasteiger partial charge in [0.1, 0.15) is 4.99 Å². The lowest BCUT2D eigenvalue weighted by Gasteiger charge is -2.30. The number of aromatic nitrogens is 2. The van der Waals surface area contributed by atoms with Crippen molar-refractivity contribution in [2.75, 3.05) is 11.4 Å². The lowest BCUT2D eigenvalue weighted by Crippen LogP contribution is -2.35. The quantitative estimate of drug-likeness (QED) is 0.784. The van der Waals surface area contributed by atoms with Gasteiger partial charge in [0.25, 0.3) is 0 Å². The predicted molar refractivity (Wildman–Crippen MR) is 89.4 cm³/mol. The molecule has 0 aliphatic carbocycles. The van der Waals surface area contributed by atoms with Crippen LogP contribution in [-0.2, 0) is 12.8 Å². The number of rotatable bonds is 7. The van der Waals surface area contributed by atoms with E-state index in [1.165, 1.54) is 0 Å². The molecule has 20 heavy (non-hydrogen) atoms. The highest BCUT2D eigenvalue weighted by molar-refractivity contribution is 7.80. The van der Waals surface area contributed by atoms with Crippen LogP contribution < -0.4 is 10.6 Å². The minimum Gasteiger partial charge on any atom is -0.389 e. The summed E-state index contributed by atoms with van der Waals surface area (Å²) in [6.45, 7) is 11.6. The molecule has 0 unspecified atom stereocenters. The molecule has 5 heteroatoms. The summed E-state index contributed by atoms with van der Waals surface area (Å²) >= 11 is 5.28. The lowest BCUT2D eigenvalue weighted by molar-refractivity contribution is 0.652. The number of nitrogens with zero attached hydrogens (tertiary/aromatic N) is 3. The molecule has 1 rings (SSSR count). The molecule has 0 radical (unpaired) electrons. The molecule has 0 bridgehead atoms. The minimum atomic E-state index is 0.342. The van der Waals surface area contributed by atoms with Gasteiger partial charge in [0.15, 0.2) is 5.82 Å². The second kappa shape index (κ2) is 7.53. The molecular formula is C15H26N4S. The Morgan fingerprint density at radius 3 is 2.25 bits per heavy atom. The van der Waals surface area contributed by atoms with E-state index >= 15 is 0 Å².